The van der Waals surface area contributed by atoms with E-state index in [0.717, 1.165) is 11.1 Å². The summed E-state index contributed by atoms with van der Waals surface area (Å²) in [4.78, 5) is 25.9. The molecule has 0 spiro atoms. The Kier molecular flexibility index (Phi) is 5.31. The van der Waals surface area contributed by atoms with Crippen molar-refractivity contribution in [1.82, 2.24) is 4.90 Å². The van der Waals surface area contributed by atoms with Gasteiger partial charge in [0, 0.05) is 18.8 Å². The van der Waals surface area contributed by atoms with E-state index in [-0.39, 0.29) is 0 Å². The molecule has 0 aliphatic heterocycles. The minimum absolute atomic E-state index is 0.428. The van der Waals surface area contributed by atoms with Gasteiger partial charge in [0.1, 0.15) is 0 Å². The van der Waals surface area contributed by atoms with Crippen molar-refractivity contribution >= 4 is 17.5 Å². The first-order valence-corrected chi connectivity index (χ1v) is 7.31. The van der Waals surface area contributed by atoms with Crippen molar-refractivity contribution in [2.45, 2.75) is 20.4 Å². The zero-order valence-corrected chi connectivity index (χ0v) is 12.9. The molecule has 0 aliphatic carbocycles. The van der Waals surface area contributed by atoms with E-state index in [9.17, 15) is 9.59 Å². The number of nitrogens with one attached hydrogen (secondary N) is 1. The van der Waals surface area contributed by atoms with Crippen LogP contribution in [0.4, 0.5) is 5.69 Å². The van der Waals surface area contributed by atoms with Crippen LogP contribution in [0, 0.1) is 6.92 Å². The van der Waals surface area contributed by atoms with E-state index in [1.807, 2.05) is 56.3 Å². The molecule has 2 rings (SSSR count). The highest BCUT2D eigenvalue weighted by Crippen LogP contribution is 2.10. The number of hydrogen-bond acceptors (Lipinski definition) is 2. The number of carbonyl (C=O) groups is 2. The Bertz CT molecular complexity index is 636. The molecule has 1 N–H and O–H groups in total. The Hall–Kier alpha value is -2.62. The molecule has 0 unspecified atom stereocenters. The lowest BCUT2D eigenvalue weighted by atomic mass is 10.2. The SMILES string of the molecule is CCN(Cc1ccccc1)C(=O)C(=O)Nc1ccc(C)cc1. The van der Waals surface area contributed by atoms with Gasteiger partial charge in [-0.2, -0.15) is 0 Å². The Morgan fingerprint density at radius 2 is 1.64 bits per heavy atom. The van der Waals surface area contributed by atoms with Gasteiger partial charge in [-0.25, -0.2) is 0 Å². The van der Waals surface area contributed by atoms with Gasteiger partial charge in [-0.1, -0.05) is 48.0 Å². The minimum Gasteiger partial charge on any atom is -0.330 e. The van der Waals surface area contributed by atoms with Gasteiger partial charge in [-0.15, -0.1) is 0 Å². The monoisotopic (exact) mass is 296 g/mol. The van der Waals surface area contributed by atoms with Crippen LogP contribution in [-0.4, -0.2) is 23.3 Å². The van der Waals surface area contributed by atoms with E-state index in [4.69, 9.17) is 0 Å². The number of anilines is 1. The van der Waals surface area contributed by atoms with Crippen molar-refractivity contribution in [2.24, 2.45) is 0 Å². The maximum Gasteiger partial charge on any atom is 0.313 e. The average molecular weight is 296 g/mol. The number of likely N-dealkylation sites (N-methyl/N-ethyl adjacent to an activating group) is 1. The Morgan fingerprint density at radius 1 is 1.00 bits per heavy atom. The highest BCUT2D eigenvalue weighted by atomic mass is 16.2. The molecule has 0 atom stereocenters. The molecule has 4 nitrogen and oxygen atoms in total. The van der Waals surface area contributed by atoms with Crippen LogP contribution in [-0.2, 0) is 16.1 Å². The molecular formula is C18H20N2O2. The fraction of sp³-hybridized carbons (Fsp3) is 0.222. The van der Waals surface area contributed by atoms with Gasteiger partial charge in [-0.3, -0.25) is 9.59 Å². The third kappa shape index (κ3) is 4.19. The number of nitrogens with zero attached hydrogens (tertiary/aromatic N) is 1. The molecule has 0 aliphatic rings. The van der Waals surface area contributed by atoms with Gasteiger partial charge < -0.3 is 10.2 Å². The van der Waals surface area contributed by atoms with E-state index in [1.54, 1.807) is 12.1 Å². The highest BCUT2D eigenvalue weighted by molar-refractivity contribution is 6.39. The van der Waals surface area contributed by atoms with Gasteiger partial charge >= 0.3 is 11.8 Å². The number of amides is 2. The Labute approximate surface area is 130 Å². The van der Waals surface area contributed by atoms with Crippen LogP contribution in [0.2, 0.25) is 0 Å². The van der Waals surface area contributed by atoms with Crippen LogP contribution in [0.5, 0.6) is 0 Å². The maximum atomic E-state index is 12.3. The van der Waals surface area contributed by atoms with Crippen molar-refractivity contribution in [3.8, 4) is 0 Å². The maximum absolute atomic E-state index is 12.3. The molecule has 0 radical (unpaired) electrons. The second-order valence-corrected chi connectivity index (χ2v) is 5.13. The van der Waals surface area contributed by atoms with Gasteiger partial charge in [0.25, 0.3) is 0 Å². The summed E-state index contributed by atoms with van der Waals surface area (Å²) in [5.41, 5.74) is 2.73. The number of rotatable bonds is 4. The number of carbonyl (C=O) groups excluding carboxylic acids is 2. The van der Waals surface area contributed by atoms with Gasteiger partial charge in [0.2, 0.25) is 0 Å². The quantitative estimate of drug-likeness (QED) is 0.882. The number of benzene rings is 2. The zero-order chi connectivity index (χ0) is 15.9. The first kappa shape index (κ1) is 15.8. The molecule has 0 heterocycles. The predicted molar refractivity (Wildman–Crippen MR) is 87.3 cm³/mol. The fourth-order valence-electron chi connectivity index (χ4n) is 2.10. The highest BCUT2D eigenvalue weighted by Gasteiger charge is 2.20. The van der Waals surface area contributed by atoms with Gasteiger partial charge in [0.05, 0.1) is 0 Å². The first-order chi connectivity index (χ1) is 10.6. The zero-order valence-electron chi connectivity index (χ0n) is 12.9. The normalized spacial score (nSPS) is 10.1. The van der Waals surface area contributed by atoms with Crippen LogP contribution in [0.15, 0.2) is 54.6 Å². The molecule has 114 valence electrons. The third-order valence-corrected chi connectivity index (χ3v) is 3.39. The topological polar surface area (TPSA) is 49.4 Å². The van der Waals surface area contributed by atoms with E-state index < -0.39 is 11.8 Å². The van der Waals surface area contributed by atoms with E-state index >= 15 is 0 Å². The third-order valence-electron chi connectivity index (χ3n) is 3.39. The van der Waals surface area contributed by atoms with E-state index in [0.29, 0.717) is 18.8 Å². The molecule has 0 saturated carbocycles. The standard InChI is InChI=1S/C18H20N2O2/c1-3-20(13-15-7-5-4-6-8-15)18(22)17(21)19-16-11-9-14(2)10-12-16/h4-12H,3,13H2,1-2H3,(H,19,21). The number of aryl methyl sites for hydroxylation is 1. The van der Waals surface area contributed by atoms with Gasteiger partial charge in [0.15, 0.2) is 0 Å². The van der Waals surface area contributed by atoms with Crippen molar-refractivity contribution in [3.63, 3.8) is 0 Å². The van der Waals surface area contributed by atoms with Crippen LogP contribution < -0.4 is 5.32 Å². The summed E-state index contributed by atoms with van der Waals surface area (Å²) in [5, 5.41) is 2.64. The molecule has 0 aromatic heterocycles. The lowest BCUT2D eigenvalue weighted by molar-refractivity contribution is -0.143. The van der Waals surface area contributed by atoms with Crippen molar-refractivity contribution < 1.29 is 9.59 Å². The van der Waals surface area contributed by atoms with Crippen LogP contribution in [0.25, 0.3) is 0 Å². The summed E-state index contributed by atoms with van der Waals surface area (Å²) in [6.45, 7) is 4.74. The molecule has 4 heteroatoms. The molecular weight excluding hydrogens is 276 g/mol. The average Bonchev–Trinajstić information content (AvgIpc) is 2.55. The molecule has 22 heavy (non-hydrogen) atoms. The summed E-state index contributed by atoms with van der Waals surface area (Å²) in [7, 11) is 0. The summed E-state index contributed by atoms with van der Waals surface area (Å²) in [6.07, 6.45) is 0. The molecule has 0 bridgehead atoms. The van der Waals surface area contributed by atoms with E-state index in [2.05, 4.69) is 5.32 Å². The molecule has 0 fully saturated rings. The summed E-state index contributed by atoms with van der Waals surface area (Å²) >= 11 is 0. The molecule has 2 aromatic rings. The molecule has 2 aromatic carbocycles. The second-order valence-electron chi connectivity index (χ2n) is 5.13. The van der Waals surface area contributed by atoms with Crippen molar-refractivity contribution in [2.75, 3.05) is 11.9 Å². The summed E-state index contributed by atoms with van der Waals surface area (Å²) in [6, 6.07) is 17.0. The lowest BCUT2D eigenvalue weighted by Crippen LogP contribution is -2.39. The van der Waals surface area contributed by atoms with Crippen molar-refractivity contribution in [3.05, 3.63) is 65.7 Å². The van der Waals surface area contributed by atoms with Gasteiger partial charge in [-0.05, 0) is 31.5 Å². The molecule has 0 saturated heterocycles. The summed E-state index contributed by atoms with van der Waals surface area (Å²) < 4.78 is 0. The largest absolute Gasteiger partial charge is 0.330 e. The Balaban J connectivity index is 2.01. The minimum atomic E-state index is -0.610. The Morgan fingerprint density at radius 3 is 2.23 bits per heavy atom. The predicted octanol–water partition coefficient (Wildman–Crippen LogP) is 2.98. The fourth-order valence-corrected chi connectivity index (χ4v) is 2.10. The lowest BCUT2D eigenvalue weighted by Gasteiger charge is -2.20. The molecule has 2 amide bonds. The van der Waals surface area contributed by atoms with Crippen LogP contribution in [0.1, 0.15) is 18.1 Å². The van der Waals surface area contributed by atoms with Crippen LogP contribution >= 0.6 is 0 Å². The second kappa shape index (κ2) is 7.41. The smallest absolute Gasteiger partial charge is 0.313 e. The first-order valence-electron chi connectivity index (χ1n) is 7.31. The van der Waals surface area contributed by atoms with Crippen molar-refractivity contribution in [1.29, 1.82) is 0 Å². The number of hydrogen-bond donors (Lipinski definition) is 1. The summed E-state index contributed by atoms with van der Waals surface area (Å²) in [5.74, 6) is -1.13. The van der Waals surface area contributed by atoms with Crippen LogP contribution in [0.3, 0.4) is 0 Å². The van der Waals surface area contributed by atoms with E-state index in [1.165, 1.54) is 4.90 Å².